The monoisotopic (exact) mass is 412 g/mol. The van der Waals surface area contributed by atoms with Crippen molar-refractivity contribution in [2.45, 2.75) is 39.0 Å². The molecule has 0 aliphatic rings. The van der Waals surface area contributed by atoms with Crippen LogP contribution in [0.5, 0.6) is 0 Å². The predicted molar refractivity (Wildman–Crippen MR) is 109 cm³/mol. The topological polar surface area (TPSA) is 122 Å². The molecule has 0 bridgehead atoms. The van der Waals surface area contributed by atoms with Crippen LogP contribution < -0.4 is 10.6 Å². The van der Waals surface area contributed by atoms with Gasteiger partial charge >= 0.3 is 12.1 Å². The number of hydrogen-bond donors (Lipinski definition) is 3. The van der Waals surface area contributed by atoms with Crippen LogP contribution in [0.4, 0.5) is 4.79 Å². The Morgan fingerprint density at radius 1 is 0.967 bits per heavy atom. The lowest BCUT2D eigenvalue weighted by Crippen LogP contribution is -2.37. The Kier molecular flexibility index (Phi) is 7.30. The van der Waals surface area contributed by atoms with Gasteiger partial charge in [0.1, 0.15) is 11.6 Å². The van der Waals surface area contributed by atoms with E-state index in [4.69, 9.17) is 9.84 Å². The molecule has 0 aliphatic carbocycles. The number of carbonyl (C=O) groups is 4. The Morgan fingerprint density at radius 2 is 1.57 bits per heavy atom. The van der Waals surface area contributed by atoms with Gasteiger partial charge in [0.05, 0.1) is 0 Å². The maximum absolute atomic E-state index is 12.4. The zero-order chi connectivity index (χ0) is 22.3. The number of hydrogen-bond acceptors (Lipinski definition) is 5. The third kappa shape index (κ3) is 6.73. The van der Waals surface area contributed by atoms with Gasteiger partial charge in [-0.2, -0.15) is 0 Å². The van der Waals surface area contributed by atoms with E-state index >= 15 is 0 Å². The van der Waals surface area contributed by atoms with E-state index in [-0.39, 0.29) is 6.54 Å². The second-order valence-electron chi connectivity index (χ2n) is 7.54. The highest BCUT2D eigenvalue weighted by atomic mass is 16.6. The van der Waals surface area contributed by atoms with Gasteiger partial charge < -0.3 is 20.5 Å². The Bertz CT molecular complexity index is 917. The van der Waals surface area contributed by atoms with E-state index in [0.29, 0.717) is 16.7 Å². The third-order valence-electron chi connectivity index (χ3n) is 3.93. The molecule has 0 aliphatic heterocycles. The fourth-order valence-corrected chi connectivity index (χ4v) is 2.54. The van der Waals surface area contributed by atoms with E-state index < -0.39 is 35.4 Å². The standard InChI is InChI=1S/C22H24N2O6/c1-22(2,3)30-21(29)23-13-14-9-11-15(12-10-14)17(18(25)20(27)28)24-19(26)16-7-5-4-6-8-16/h4-12,17H,13H2,1-3H3,(H,23,29)(H,24,26)(H,27,28). The first-order valence-corrected chi connectivity index (χ1v) is 9.25. The molecule has 1 unspecified atom stereocenters. The first kappa shape index (κ1) is 22.6. The van der Waals surface area contributed by atoms with Crippen LogP contribution in [0.3, 0.4) is 0 Å². The zero-order valence-electron chi connectivity index (χ0n) is 17.0. The zero-order valence-corrected chi connectivity index (χ0v) is 17.0. The summed E-state index contributed by atoms with van der Waals surface area (Å²) in [6, 6.07) is 13.2. The maximum atomic E-state index is 12.4. The number of ether oxygens (including phenoxy) is 1. The van der Waals surface area contributed by atoms with Gasteiger partial charge in [-0.1, -0.05) is 42.5 Å². The molecule has 30 heavy (non-hydrogen) atoms. The van der Waals surface area contributed by atoms with Gasteiger partial charge in [-0.25, -0.2) is 9.59 Å². The van der Waals surface area contributed by atoms with E-state index in [1.54, 1.807) is 63.2 Å². The summed E-state index contributed by atoms with van der Waals surface area (Å²) >= 11 is 0. The van der Waals surface area contributed by atoms with Gasteiger partial charge in [-0.15, -0.1) is 0 Å². The summed E-state index contributed by atoms with van der Waals surface area (Å²) in [5.41, 5.74) is 0.710. The van der Waals surface area contributed by atoms with Crippen LogP contribution >= 0.6 is 0 Å². The van der Waals surface area contributed by atoms with Gasteiger partial charge in [-0.05, 0) is 44.0 Å². The van der Waals surface area contributed by atoms with Gasteiger partial charge in [0, 0.05) is 12.1 Å². The lowest BCUT2D eigenvalue weighted by Gasteiger charge is -2.20. The average molecular weight is 412 g/mol. The number of carbonyl (C=O) groups excluding carboxylic acids is 3. The number of nitrogens with one attached hydrogen (secondary N) is 2. The summed E-state index contributed by atoms with van der Waals surface area (Å²) < 4.78 is 5.16. The number of aliphatic carboxylic acids is 1. The van der Waals surface area contributed by atoms with E-state index in [9.17, 15) is 19.2 Å². The Balaban J connectivity index is 2.11. The summed E-state index contributed by atoms with van der Waals surface area (Å²) in [7, 11) is 0. The van der Waals surface area contributed by atoms with Crippen molar-refractivity contribution >= 4 is 23.8 Å². The van der Waals surface area contributed by atoms with Gasteiger partial charge in [-0.3, -0.25) is 9.59 Å². The lowest BCUT2D eigenvalue weighted by atomic mass is 10.0. The highest BCUT2D eigenvalue weighted by molar-refractivity contribution is 6.35. The summed E-state index contributed by atoms with van der Waals surface area (Å²) in [5.74, 6) is -3.37. The van der Waals surface area contributed by atoms with Crippen LogP contribution in [-0.4, -0.2) is 34.5 Å². The SMILES string of the molecule is CC(C)(C)OC(=O)NCc1ccc(C(NC(=O)c2ccccc2)C(=O)C(=O)O)cc1. The molecular weight excluding hydrogens is 388 g/mol. The van der Waals surface area contributed by atoms with Crippen molar-refractivity contribution in [1.29, 1.82) is 0 Å². The number of carboxylic acids is 1. The van der Waals surface area contributed by atoms with Crippen LogP contribution in [0.1, 0.15) is 48.3 Å². The highest BCUT2D eigenvalue weighted by Gasteiger charge is 2.28. The van der Waals surface area contributed by atoms with Gasteiger partial charge in [0.25, 0.3) is 11.7 Å². The first-order chi connectivity index (χ1) is 14.1. The van der Waals surface area contributed by atoms with Crippen molar-refractivity contribution in [3.63, 3.8) is 0 Å². The van der Waals surface area contributed by atoms with Crippen LogP contribution in [0.2, 0.25) is 0 Å². The number of Topliss-reactive ketones (excluding diaryl/α,β-unsaturated/α-hetero) is 1. The number of alkyl carbamates (subject to hydrolysis) is 1. The molecule has 0 spiro atoms. The lowest BCUT2D eigenvalue weighted by molar-refractivity contribution is -0.150. The van der Waals surface area contributed by atoms with E-state index in [1.807, 2.05) is 0 Å². The predicted octanol–water partition coefficient (Wildman–Crippen LogP) is 2.84. The minimum atomic E-state index is -1.65. The smallest absolute Gasteiger partial charge is 0.407 e. The van der Waals surface area contributed by atoms with Gasteiger partial charge in [0.15, 0.2) is 0 Å². The molecule has 2 amide bonds. The fourth-order valence-electron chi connectivity index (χ4n) is 2.54. The second kappa shape index (κ2) is 9.69. The second-order valence-corrected chi connectivity index (χ2v) is 7.54. The van der Waals surface area contributed by atoms with E-state index in [1.165, 1.54) is 12.1 Å². The normalized spacial score (nSPS) is 11.8. The van der Waals surface area contributed by atoms with Crippen LogP contribution in [0.15, 0.2) is 54.6 Å². The molecule has 2 aromatic rings. The fraction of sp³-hybridized carbons (Fsp3) is 0.273. The molecular formula is C22H24N2O6. The molecule has 0 saturated heterocycles. The number of carboxylic acid groups (broad SMARTS) is 1. The minimum absolute atomic E-state index is 0.184. The molecule has 0 radical (unpaired) electrons. The molecule has 0 aromatic heterocycles. The highest BCUT2D eigenvalue weighted by Crippen LogP contribution is 2.17. The van der Waals surface area contributed by atoms with E-state index in [0.717, 1.165) is 0 Å². The van der Waals surface area contributed by atoms with Crippen molar-refractivity contribution in [3.05, 3.63) is 71.3 Å². The quantitative estimate of drug-likeness (QED) is 0.601. The van der Waals surface area contributed by atoms with E-state index in [2.05, 4.69) is 10.6 Å². The van der Waals surface area contributed by atoms with Gasteiger partial charge in [0.2, 0.25) is 0 Å². The van der Waals surface area contributed by atoms with Crippen molar-refractivity contribution in [2.24, 2.45) is 0 Å². The minimum Gasteiger partial charge on any atom is -0.475 e. The summed E-state index contributed by atoms with van der Waals surface area (Å²) in [4.78, 5) is 47.5. The Morgan fingerprint density at radius 3 is 2.10 bits per heavy atom. The Labute approximate surface area is 174 Å². The van der Waals surface area contributed by atoms with Crippen molar-refractivity contribution in [2.75, 3.05) is 0 Å². The van der Waals surface area contributed by atoms with Crippen molar-refractivity contribution < 1.29 is 29.0 Å². The van der Waals surface area contributed by atoms with Crippen molar-refractivity contribution in [1.82, 2.24) is 10.6 Å². The third-order valence-corrected chi connectivity index (χ3v) is 3.93. The molecule has 0 fully saturated rings. The summed E-state index contributed by atoms with van der Waals surface area (Å²) in [5, 5.41) is 14.2. The molecule has 2 rings (SSSR count). The first-order valence-electron chi connectivity index (χ1n) is 9.25. The largest absolute Gasteiger partial charge is 0.475 e. The average Bonchev–Trinajstić information content (AvgIpc) is 2.69. The molecule has 1 atom stereocenters. The maximum Gasteiger partial charge on any atom is 0.407 e. The van der Waals surface area contributed by atoms with Crippen LogP contribution in [0.25, 0.3) is 0 Å². The Hall–Kier alpha value is -3.68. The van der Waals surface area contributed by atoms with Crippen LogP contribution in [-0.2, 0) is 20.9 Å². The number of rotatable bonds is 7. The molecule has 8 nitrogen and oxygen atoms in total. The summed E-state index contributed by atoms with van der Waals surface area (Å²) in [6.45, 7) is 5.45. The van der Waals surface area contributed by atoms with Crippen molar-refractivity contribution in [3.8, 4) is 0 Å². The summed E-state index contributed by atoms with van der Waals surface area (Å²) in [6.07, 6.45) is -0.569. The molecule has 8 heteroatoms. The number of ketones is 1. The molecule has 158 valence electrons. The molecule has 3 N–H and O–H groups in total. The number of benzene rings is 2. The molecule has 2 aromatic carbocycles. The molecule has 0 heterocycles. The van der Waals surface area contributed by atoms with Crippen LogP contribution in [0, 0.1) is 0 Å². The molecule has 0 saturated carbocycles. The number of amides is 2.